The van der Waals surface area contributed by atoms with Gasteiger partial charge in [0.2, 0.25) is 5.91 Å². The lowest BCUT2D eigenvalue weighted by Crippen LogP contribution is -2.39. The summed E-state index contributed by atoms with van der Waals surface area (Å²) in [5.41, 5.74) is 0. The monoisotopic (exact) mass is 224 g/mol. The third-order valence-corrected chi connectivity index (χ3v) is 3.87. The van der Waals surface area contributed by atoms with Crippen LogP contribution in [-0.4, -0.2) is 37.0 Å². The molecule has 1 aliphatic heterocycles. The van der Waals surface area contributed by atoms with E-state index in [2.05, 4.69) is 17.1 Å². The molecule has 2 rings (SSSR count). The fourth-order valence-electron chi connectivity index (χ4n) is 2.56. The number of carbonyl (C=O) groups is 1. The highest BCUT2D eigenvalue weighted by atomic mass is 16.1. The molecule has 16 heavy (non-hydrogen) atoms. The highest BCUT2D eigenvalue weighted by Crippen LogP contribution is 2.26. The van der Waals surface area contributed by atoms with Crippen LogP contribution in [0.1, 0.15) is 39.0 Å². The van der Waals surface area contributed by atoms with E-state index in [-0.39, 0.29) is 0 Å². The third-order valence-electron chi connectivity index (χ3n) is 3.87. The summed E-state index contributed by atoms with van der Waals surface area (Å²) in [6.07, 6.45) is 6.14. The van der Waals surface area contributed by atoms with Crippen molar-refractivity contribution in [3.63, 3.8) is 0 Å². The van der Waals surface area contributed by atoms with Crippen LogP contribution >= 0.6 is 0 Å². The average Bonchev–Trinajstić information content (AvgIpc) is 2.64. The first-order valence-corrected chi connectivity index (χ1v) is 6.76. The van der Waals surface area contributed by atoms with Crippen LogP contribution in [0.3, 0.4) is 0 Å². The molecule has 3 nitrogen and oxygen atoms in total. The number of rotatable bonds is 5. The van der Waals surface area contributed by atoms with Crippen molar-refractivity contribution >= 4 is 5.91 Å². The van der Waals surface area contributed by atoms with Crippen molar-refractivity contribution in [3.05, 3.63) is 0 Å². The summed E-state index contributed by atoms with van der Waals surface area (Å²) in [6.45, 7) is 6.73. The lowest BCUT2D eigenvalue weighted by atomic mass is 9.85. The van der Waals surface area contributed by atoms with Gasteiger partial charge in [0.15, 0.2) is 0 Å². The number of amides is 1. The van der Waals surface area contributed by atoms with Crippen LogP contribution in [0.2, 0.25) is 0 Å². The lowest BCUT2D eigenvalue weighted by molar-refractivity contribution is -0.127. The van der Waals surface area contributed by atoms with Crippen molar-refractivity contribution in [2.75, 3.05) is 26.2 Å². The van der Waals surface area contributed by atoms with Gasteiger partial charge in [-0.25, -0.2) is 0 Å². The van der Waals surface area contributed by atoms with Gasteiger partial charge in [-0.1, -0.05) is 13.3 Å². The number of nitrogens with one attached hydrogen (secondary N) is 1. The molecule has 1 atom stereocenters. The summed E-state index contributed by atoms with van der Waals surface area (Å²) < 4.78 is 0. The molecule has 0 radical (unpaired) electrons. The predicted molar refractivity (Wildman–Crippen MR) is 65.2 cm³/mol. The zero-order valence-corrected chi connectivity index (χ0v) is 10.4. The van der Waals surface area contributed by atoms with Crippen LogP contribution in [0.25, 0.3) is 0 Å². The smallest absolute Gasteiger partial charge is 0.223 e. The SMILES string of the molecule is C[C@H](CNC(=O)C1CCC1)CN1CCCC1. The van der Waals surface area contributed by atoms with E-state index in [0.29, 0.717) is 17.7 Å². The van der Waals surface area contributed by atoms with Crippen LogP contribution in [-0.2, 0) is 4.79 Å². The first-order valence-electron chi connectivity index (χ1n) is 6.76. The standard InChI is InChI=1S/C13H24N2O/c1-11(10-15-7-2-3-8-15)9-14-13(16)12-5-4-6-12/h11-12H,2-10H2,1H3,(H,14,16)/t11-/m1/s1. The fourth-order valence-corrected chi connectivity index (χ4v) is 2.56. The Morgan fingerprint density at radius 2 is 2.00 bits per heavy atom. The van der Waals surface area contributed by atoms with Gasteiger partial charge in [-0.05, 0) is 44.7 Å². The molecule has 92 valence electrons. The topological polar surface area (TPSA) is 32.3 Å². The maximum absolute atomic E-state index is 11.6. The molecule has 1 heterocycles. The van der Waals surface area contributed by atoms with Gasteiger partial charge < -0.3 is 10.2 Å². The molecule has 0 unspecified atom stereocenters. The Balaban J connectivity index is 1.59. The molecule has 0 aromatic heterocycles. The zero-order chi connectivity index (χ0) is 11.4. The predicted octanol–water partition coefficient (Wildman–Crippen LogP) is 1.63. The molecule has 0 aromatic rings. The first-order chi connectivity index (χ1) is 7.75. The molecule has 0 spiro atoms. The van der Waals surface area contributed by atoms with E-state index in [4.69, 9.17) is 0 Å². The largest absolute Gasteiger partial charge is 0.356 e. The zero-order valence-electron chi connectivity index (χ0n) is 10.4. The molecule has 1 aliphatic carbocycles. The fraction of sp³-hybridized carbons (Fsp3) is 0.923. The molecule has 2 fully saturated rings. The minimum Gasteiger partial charge on any atom is -0.356 e. The molecular weight excluding hydrogens is 200 g/mol. The van der Waals surface area contributed by atoms with Crippen molar-refractivity contribution in [3.8, 4) is 0 Å². The minimum absolute atomic E-state index is 0.291. The minimum atomic E-state index is 0.291. The Kier molecular flexibility index (Phi) is 4.22. The van der Waals surface area contributed by atoms with Crippen molar-refractivity contribution in [1.82, 2.24) is 10.2 Å². The van der Waals surface area contributed by atoms with E-state index in [1.165, 1.54) is 32.4 Å². The van der Waals surface area contributed by atoms with Crippen molar-refractivity contribution in [2.24, 2.45) is 11.8 Å². The molecule has 1 N–H and O–H groups in total. The van der Waals surface area contributed by atoms with Gasteiger partial charge in [-0.3, -0.25) is 4.79 Å². The summed E-state index contributed by atoms with van der Waals surface area (Å²) in [5, 5.41) is 3.09. The van der Waals surface area contributed by atoms with Gasteiger partial charge in [-0.2, -0.15) is 0 Å². The number of hydrogen-bond donors (Lipinski definition) is 1. The van der Waals surface area contributed by atoms with E-state index in [1.54, 1.807) is 0 Å². The molecule has 1 amide bonds. The summed E-state index contributed by atoms with van der Waals surface area (Å²) in [6, 6.07) is 0. The second kappa shape index (κ2) is 5.67. The summed E-state index contributed by atoms with van der Waals surface area (Å²) in [5.74, 6) is 1.21. The van der Waals surface area contributed by atoms with Gasteiger partial charge in [-0.15, -0.1) is 0 Å². The molecule has 2 aliphatic rings. The van der Waals surface area contributed by atoms with Gasteiger partial charge >= 0.3 is 0 Å². The molecule has 3 heteroatoms. The van der Waals surface area contributed by atoms with Crippen LogP contribution in [0.5, 0.6) is 0 Å². The van der Waals surface area contributed by atoms with Crippen LogP contribution in [0.4, 0.5) is 0 Å². The first kappa shape index (κ1) is 11.9. The van der Waals surface area contributed by atoms with Gasteiger partial charge in [0.05, 0.1) is 0 Å². The van der Waals surface area contributed by atoms with Crippen LogP contribution < -0.4 is 5.32 Å². The number of carbonyl (C=O) groups excluding carboxylic acids is 1. The Hall–Kier alpha value is -0.570. The highest BCUT2D eigenvalue weighted by Gasteiger charge is 2.25. The van der Waals surface area contributed by atoms with Gasteiger partial charge in [0.1, 0.15) is 0 Å². The number of likely N-dealkylation sites (tertiary alicyclic amines) is 1. The third kappa shape index (κ3) is 3.21. The van der Waals surface area contributed by atoms with E-state index in [9.17, 15) is 4.79 Å². The Bertz CT molecular complexity index is 232. The lowest BCUT2D eigenvalue weighted by Gasteiger charge is -2.26. The Morgan fingerprint density at radius 3 is 2.56 bits per heavy atom. The number of hydrogen-bond acceptors (Lipinski definition) is 2. The van der Waals surface area contributed by atoms with Crippen molar-refractivity contribution in [1.29, 1.82) is 0 Å². The van der Waals surface area contributed by atoms with E-state index < -0.39 is 0 Å². The van der Waals surface area contributed by atoms with Crippen molar-refractivity contribution < 1.29 is 4.79 Å². The van der Waals surface area contributed by atoms with E-state index >= 15 is 0 Å². The molecular formula is C13H24N2O. The molecule has 0 aromatic carbocycles. The van der Waals surface area contributed by atoms with Gasteiger partial charge in [0, 0.05) is 19.0 Å². The molecule has 1 saturated carbocycles. The average molecular weight is 224 g/mol. The summed E-state index contributed by atoms with van der Waals surface area (Å²) in [7, 11) is 0. The van der Waals surface area contributed by atoms with Crippen molar-refractivity contribution in [2.45, 2.75) is 39.0 Å². The number of nitrogens with zero attached hydrogens (tertiary/aromatic N) is 1. The van der Waals surface area contributed by atoms with E-state index in [0.717, 1.165) is 25.9 Å². The summed E-state index contributed by atoms with van der Waals surface area (Å²) in [4.78, 5) is 14.2. The second-order valence-corrected chi connectivity index (χ2v) is 5.49. The highest BCUT2D eigenvalue weighted by molar-refractivity contribution is 5.79. The normalized spacial score (nSPS) is 24.1. The molecule has 0 bridgehead atoms. The Morgan fingerprint density at radius 1 is 1.31 bits per heavy atom. The Labute approximate surface area is 98.6 Å². The maximum Gasteiger partial charge on any atom is 0.223 e. The van der Waals surface area contributed by atoms with Crippen LogP contribution in [0, 0.1) is 11.8 Å². The maximum atomic E-state index is 11.6. The molecule has 1 saturated heterocycles. The van der Waals surface area contributed by atoms with E-state index in [1.807, 2.05) is 0 Å². The summed E-state index contributed by atoms with van der Waals surface area (Å²) >= 11 is 0. The van der Waals surface area contributed by atoms with Crippen LogP contribution in [0.15, 0.2) is 0 Å². The quantitative estimate of drug-likeness (QED) is 0.770. The van der Waals surface area contributed by atoms with Gasteiger partial charge in [0.25, 0.3) is 0 Å². The second-order valence-electron chi connectivity index (χ2n) is 5.49.